The molecule has 4 aromatic rings. The number of carboxylic acids is 1. The molecule has 0 saturated carbocycles. The van der Waals surface area contributed by atoms with Crippen LogP contribution >= 0.6 is 132 Å². The lowest BCUT2D eigenvalue weighted by molar-refractivity contribution is -0.140. The maximum atomic E-state index is 11.5. The molecule has 4 heterocycles. The van der Waals surface area contributed by atoms with Crippen molar-refractivity contribution in [1.29, 1.82) is 0 Å². The molecule has 42 heavy (non-hydrogen) atoms. The fraction of sp³-hybridized carbons (Fsp3) is 0.316. The molecule has 0 amide bonds. The summed E-state index contributed by atoms with van der Waals surface area (Å²) < 4.78 is 8.21. The van der Waals surface area contributed by atoms with Gasteiger partial charge in [-0.1, -0.05) is 10.8 Å². The molecule has 0 bridgehead atoms. The predicted octanol–water partition coefficient (Wildman–Crippen LogP) is 6.51. The molecule has 0 fully saturated rings. The molecule has 11 nitrogen and oxygen atoms in total. The van der Waals surface area contributed by atoms with Crippen molar-refractivity contribution in [3.63, 3.8) is 0 Å². The third-order valence-corrected chi connectivity index (χ3v) is 20.1. The Balaban J connectivity index is 0.000000892. The fourth-order valence-corrected chi connectivity index (χ4v) is 17.6. The summed E-state index contributed by atoms with van der Waals surface area (Å²) in [7, 11) is 9.03. The Morgan fingerprint density at radius 3 is 1.52 bits per heavy atom. The monoisotopic (exact) mass is 800 g/mol. The van der Waals surface area contributed by atoms with Crippen molar-refractivity contribution in [2.45, 2.75) is 27.1 Å². The quantitative estimate of drug-likeness (QED) is 0.0417. The topological polar surface area (TPSA) is 179 Å². The van der Waals surface area contributed by atoms with Crippen molar-refractivity contribution < 1.29 is 34.5 Å². The van der Waals surface area contributed by atoms with E-state index in [9.17, 15) is 15.3 Å². The number of hydrogen-bond acceptors (Lipinski definition) is 22. The van der Waals surface area contributed by atoms with E-state index in [1.165, 1.54) is 110 Å². The Hall–Kier alpha value is 0.590. The summed E-state index contributed by atoms with van der Waals surface area (Å²) in [6, 6.07) is 0. The smallest absolute Gasteiger partial charge is 0.329 e. The number of aromatic nitrogens is 4. The van der Waals surface area contributed by atoms with Crippen LogP contribution in [0.2, 0.25) is 0 Å². The summed E-state index contributed by atoms with van der Waals surface area (Å²) in [5.74, 6) is -1.19. The molecule has 4 rings (SSSR count). The number of rotatable bonds is 18. The van der Waals surface area contributed by atoms with Crippen molar-refractivity contribution in [3.05, 3.63) is 46.3 Å². The lowest BCUT2D eigenvalue weighted by atomic mass is 9.91. The Bertz CT molecular complexity index is 1210. The summed E-state index contributed by atoms with van der Waals surface area (Å²) in [5, 5.41) is 55.6. The van der Waals surface area contributed by atoms with Gasteiger partial charge in [0.2, 0.25) is 4.27 Å². The van der Waals surface area contributed by atoms with Crippen molar-refractivity contribution >= 4 is 138 Å². The zero-order chi connectivity index (χ0) is 30.3. The minimum absolute atomic E-state index is 0.546. The molecule has 1 unspecified atom stereocenters. The van der Waals surface area contributed by atoms with Crippen LogP contribution in [0.3, 0.4) is 0 Å². The van der Waals surface area contributed by atoms with Gasteiger partial charge in [0.15, 0.2) is 17.4 Å². The third kappa shape index (κ3) is 11.1. The maximum absolute atomic E-state index is 11.5. The van der Waals surface area contributed by atoms with E-state index < -0.39 is 40.9 Å². The van der Waals surface area contributed by atoms with Crippen molar-refractivity contribution in [1.82, 2.24) is 19.9 Å². The first kappa shape index (κ1) is 37.1. The van der Waals surface area contributed by atoms with Gasteiger partial charge >= 0.3 is 5.97 Å². The lowest BCUT2D eigenvalue weighted by Crippen LogP contribution is -2.55. The number of hydrogen-bond donors (Lipinski definition) is 5. The van der Waals surface area contributed by atoms with E-state index in [4.69, 9.17) is 19.2 Å². The first-order chi connectivity index (χ1) is 20.4. The third-order valence-electron chi connectivity index (χ3n) is 4.33. The summed E-state index contributed by atoms with van der Waals surface area (Å²) in [5.41, 5.74) is -2.74. The molecule has 4 aromatic heterocycles. The van der Waals surface area contributed by atoms with Crippen LogP contribution in [0.15, 0.2) is 63.7 Å². The Kier molecular flexibility index (Phi) is 17.6. The van der Waals surface area contributed by atoms with Gasteiger partial charge in [0.1, 0.15) is 17.5 Å². The number of carbonyl (C=O) groups is 1. The van der Waals surface area contributed by atoms with Crippen LogP contribution in [0.5, 0.6) is 0 Å². The average molecular weight is 801 g/mol. The molecule has 0 radical (unpaired) electrons. The van der Waals surface area contributed by atoms with Gasteiger partial charge in [-0.3, -0.25) is 4.18 Å². The molecule has 0 spiro atoms. The lowest BCUT2D eigenvalue weighted by Gasteiger charge is -2.46. The van der Waals surface area contributed by atoms with Crippen molar-refractivity contribution in [2.75, 3.05) is 19.8 Å². The Labute approximate surface area is 288 Å². The van der Waals surface area contributed by atoms with E-state index >= 15 is 0 Å². The molecule has 0 aliphatic rings. The van der Waals surface area contributed by atoms with E-state index in [0.717, 1.165) is 39.2 Å². The van der Waals surface area contributed by atoms with Gasteiger partial charge in [-0.25, -0.2) is 24.7 Å². The Morgan fingerprint density at radius 1 is 0.762 bits per heavy atom. The van der Waals surface area contributed by atoms with Crippen LogP contribution in [0.25, 0.3) is 0 Å². The zero-order valence-corrected chi connectivity index (χ0v) is 30.4. The van der Waals surface area contributed by atoms with E-state index in [2.05, 4.69) is 19.9 Å². The van der Waals surface area contributed by atoms with Crippen LogP contribution in [-0.4, -0.2) is 81.0 Å². The average Bonchev–Trinajstić information content (AvgIpc) is 3.84. The first-order valence-corrected chi connectivity index (χ1v) is 22.9. The summed E-state index contributed by atoms with van der Waals surface area (Å²) in [6.45, 7) is -1.87. The molecule has 0 aliphatic carbocycles. The van der Waals surface area contributed by atoms with Gasteiger partial charge in [0.25, 0.3) is 0 Å². The number of nitrogens with zero attached hydrogens (tertiary/aromatic N) is 4. The maximum Gasteiger partial charge on any atom is 0.329 e. The molecule has 5 N–H and O–H groups in total. The van der Waals surface area contributed by atoms with Crippen LogP contribution in [-0.2, 0) is 8.98 Å². The summed E-state index contributed by atoms with van der Waals surface area (Å²) in [4.78, 5) is 26.4. The SMILES string of the molecule is O=C(O)CO.OCC(CO)(C(O)SSc1nccs1)C(OSSc1nccs1)(SSc1nccs1)SSc1nccs1. The van der Waals surface area contributed by atoms with Crippen LogP contribution in [0.4, 0.5) is 0 Å². The van der Waals surface area contributed by atoms with Crippen LogP contribution < -0.4 is 0 Å². The van der Waals surface area contributed by atoms with Gasteiger partial charge in [-0.15, -0.1) is 45.3 Å². The first-order valence-electron chi connectivity index (χ1n) is 10.8. The zero-order valence-electron chi connectivity index (χ0n) is 20.6. The highest BCUT2D eigenvalue weighted by atomic mass is 33.1. The van der Waals surface area contributed by atoms with Gasteiger partial charge < -0.3 is 25.5 Å². The van der Waals surface area contributed by atoms with Crippen molar-refractivity contribution in [2.24, 2.45) is 5.41 Å². The second-order valence-electron chi connectivity index (χ2n) is 6.87. The molecule has 0 aliphatic heterocycles. The second kappa shape index (κ2) is 20.0. The molecular weight excluding hydrogens is 781 g/mol. The molecule has 0 aromatic carbocycles. The standard InChI is InChI=1S/C17H16N4O4S12.C2H4O3/c22-9-16(10-23,11(24)30-31-12-18-1-5-26-12)17(35-32-13-19-2-6-27-13,36-33-14-20-3-7-28-14)25-37-34-15-21-4-8-29-15;3-1-2(4)5/h1-8,11,22-24H,9-10H2;3H,1H2,(H,4,5). The summed E-state index contributed by atoms with van der Waals surface area (Å²) in [6.07, 6.45) is 6.82. The number of aliphatic carboxylic acids is 1. The van der Waals surface area contributed by atoms with Gasteiger partial charge in [-0.05, 0) is 54.0 Å². The second-order valence-corrected chi connectivity index (χ2v) is 20.4. The van der Waals surface area contributed by atoms with E-state index in [1.54, 1.807) is 24.8 Å². The van der Waals surface area contributed by atoms with Gasteiger partial charge in [0.05, 0.1) is 24.3 Å². The highest BCUT2D eigenvalue weighted by molar-refractivity contribution is 8.86. The summed E-state index contributed by atoms with van der Waals surface area (Å²) >= 11 is 6.95. The number of aliphatic hydroxyl groups is 4. The largest absolute Gasteiger partial charge is 0.480 e. The van der Waals surface area contributed by atoms with E-state index in [-0.39, 0.29) is 0 Å². The van der Waals surface area contributed by atoms with E-state index in [1.807, 2.05) is 21.5 Å². The fourth-order valence-electron chi connectivity index (χ4n) is 2.30. The predicted molar refractivity (Wildman–Crippen MR) is 183 cm³/mol. The number of thiazole rings is 4. The number of aliphatic hydroxyl groups excluding tert-OH is 4. The highest BCUT2D eigenvalue weighted by Crippen LogP contribution is 2.66. The van der Waals surface area contributed by atoms with Gasteiger partial charge in [0, 0.05) is 57.1 Å². The molecule has 230 valence electrons. The number of carboxylic acid groups (broad SMARTS) is 1. The molecule has 23 heteroatoms. The van der Waals surface area contributed by atoms with E-state index in [0.29, 0.717) is 0 Å². The van der Waals surface area contributed by atoms with Crippen LogP contribution in [0.1, 0.15) is 0 Å². The molecular formula is C19H20N4O7S12. The van der Waals surface area contributed by atoms with Crippen molar-refractivity contribution in [3.8, 4) is 0 Å². The minimum Gasteiger partial charge on any atom is -0.480 e. The van der Waals surface area contributed by atoms with Crippen LogP contribution in [0, 0.1) is 5.41 Å². The highest BCUT2D eigenvalue weighted by Gasteiger charge is 2.60. The Morgan fingerprint density at radius 2 is 1.17 bits per heavy atom. The van der Waals surface area contributed by atoms with Gasteiger partial charge in [-0.2, -0.15) is 0 Å². The normalized spacial score (nSPS) is 12.6. The minimum atomic E-state index is -1.51. The molecule has 0 saturated heterocycles. The molecule has 1 atom stereocenters.